The number of hydrogen-bond donors (Lipinski definition) is 2. The highest BCUT2D eigenvalue weighted by Gasteiger charge is 2.11. The van der Waals surface area contributed by atoms with E-state index < -0.39 is 0 Å². The molecule has 0 aliphatic carbocycles. The van der Waals surface area contributed by atoms with Crippen LogP contribution in [0.5, 0.6) is 0 Å². The fraction of sp³-hybridized carbons (Fsp3) is 0.118. The Morgan fingerprint density at radius 2 is 2.07 bits per heavy atom. The molecule has 4 aromatic rings. The van der Waals surface area contributed by atoms with Crippen LogP contribution in [0.3, 0.4) is 0 Å². The quantitative estimate of drug-likeness (QED) is 0.515. The van der Waals surface area contributed by atoms with E-state index in [4.69, 9.17) is 5.11 Å². The summed E-state index contributed by atoms with van der Waals surface area (Å²) in [7, 11) is 0. The molecule has 4 heterocycles. The number of imidazole rings is 1. The fourth-order valence-corrected chi connectivity index (χ4v) is 3.19. The van der Waals surface area contributed by atoms with Gasteiger partial charge in [0.05, 0.1) is 6.20 Å². The van der Waals surface area contributed by atoms with Crippen molar-refractivity contribution < 1.29 is 9.90 Å². The molecule has 0 spiro atoms. The van der Waals surface area contributed by atoms with Crippen molar-refractivity contribution in [3.63, 3.8) is 0 Å². The highest BCUT2D eigenvalue weighted by molar-refractivity contribution is 7.99. The summed E-state index contributed by atoms with van der Waals surface area (Å²) in [6.07, 6.45) is 3.45. The fourth-order valence-electron chi connectivity index (χ4n) is 2.41. The average molecular weight is 379 g/mol. The minimum atomic E-state index is -0.197. The predicted molar refractivity (Wildman–Crippen MR) is 98.4 cm³/mol. The number of nitrogens with one attached hydrogen (secondary N) is 1. The number of aliphatic hydroxyl groups is 1. The third-order valence-corrected chi connectivity index (χ3v) is 4.37. The van der Waals surface area contributed by atoms with Crippen molar-refractivity contribution in [1.29, 1.82) is 0 Å². The van der Waals surface area contributed by atoms with E-state index in [1.54, 1.807) is 10.7 Å². The van der Waals surface area contributed by atoms with Crippen molar-refractivity contribution in [1.82, 2.24) is 29.2 Å². The van der Waals surface area contributed by atoms with Crippen LogP contribution in [-0.2, 0) is 4.79 Å². The molecule has 0 aliphatic heterocycles. The van der Waals surface area contributed by atoms with Gasteiger partial charge in [0.15, 0.2) is 17.1 Å². The largest absolute Gasteiger partial charge is 0.384 e. The third kappa shape index (κ3) is 3.59. The molecule has 27 heavy (non-hydrogen) atoms. The molecule has 1 amide bonds. The van der Waals surface area contributed by atoms with E-state index in [1.165, 1.54) is 18.7 Å². The van der Waals surface area contributed by atoms with Gasteiger partial charge in [-0.25, -0.2) is 9.50 Å². The number of amides is 1. The lowest BCUT2D eigenvalue weighted by Crippen LogP contribution is -2.05. The molecule has 0 aromatic carbocycles. The Labute approximate surface area is 157 Å². The third-order valence-electron chi connectivity index (χ3n) is 3.48. The SMILES string of the molecule is CC(=O)Nc1cn2nc(Sc3nnc4ccc(C#CCO)cn34)ccc2n1. The second kappa shape index (κ2) is 7.06. The number of aliphatic hydroxyl groups excluding tert-OH is 1. The van der Waals surface area contributed by atoms with Gasteiger partial charge in [0, 0.05) is 18.7 Å². The normalized spacial score (nSPS) is 10.7. The number of hydrogen-bond acceptors (Lipinski definition) is 7. The van der Waals surface area contributed by atoms with Crippen molar-refractivity contribution in [2.24, 2.45) is 0 Å². The molecule has 4 aromatic heterocycles. The first kappa shape index (κ1) is 17.0. The van der Waals surface area contributed by atoms with E-state index in [9.17, 15) is 4.79 Å². The van der Waals surface area contributed by atoms with E-state index >= 15 is 0 Å². The van der Waals surface area contributed by atoms with Crippen LogP contribution in [0.25, 0.3) is 11.3 Å². The zero-order valence-electron chi connectivity index (χ0n) is 14.1. The Kier molecular flexibility index (Phi) is 4.45. The number of nitrogens with zero attached hydrogens (tertiary/aromatic N) is 6. The van der Waals surface area contributed by atoms with Gasteiger partial charge in [-0.15, -0.1) is 10.2 Å². The van der Waals surface area contributed by atoms with Crippen molar-refractivity contribution >= 4 is 34.8 Å². The monoisotopic (exact) mass is 379 g/mol. The number of carbonyl (C=O) groups excluding carboxylic acids is 1. The summed E-state index contributed by atoms with van der Waals surface area (Å²) in [4.78, 5) is 15.4. The second-order valence-electron chi connectivity index (χ2n) is 5.47. The van der Waals surface area contributed by atoms with Crippen LogP contribution in [0.1, 0.15) is 12.5 Å². The molecule has 4 rings (SSSR count). The first-order chi connectivity index (χ1) is 13.1. The molecule has 0 unspecified atom stereocenters. The number of fused-ring (bicyclic) bond motifs is 2. The molecule has 2 N–H and O–H groups in total. The molecule has 0 radical (unpaired) electrons. The lowest BCUT2D eigenvalue weighted by Gasteiger charge is -2.01. The number of rotatable bonds is 3. The molecular weight excluding hydrogens is 366 g/mol. The Bertz CT molecular complexity index is 1220. The zero-order chi connectivity index (χ0) is 18.8. The van der Waals surface area contributed by atoms with Crippen molar-refractivity contribution in [2.75, 3.05) is 11.9 Å². The summed E-state index contributed by atoms with van der Waals surface area (Å²) in [5, 5.41) is 25.6. The van der Waals surface area contributed by atoms with Crippen LogP contribution >= 0.6 is 11.8 Å². The first-order valence-electron chi connectivity index (χ1n) is 7.89. The molecule has 0 saturated carbocycles. The van der Waals surface area contributed by atoms with Gasteiger partial charge in [-0.05, 0) is 36.0 Å². The van der Waals surface area contributed by atoms with Crippen molar-refractivity contribution in [2.45, 2.75) is 17.1 Å². The summed E-state index contributed by atoms with van der Waals surface area (Å²) in [5.74, 6) is 5.73. The highest BCUT2D eigenvalue weighted by atomic mass is 32.2. The maximum absolute atomic E-state index is 11.2. The number of aromatic nitrogens is 6. The Morgan fingerprint density at radius 1 is 1.22 bits per heavy atom. The summed E-state index contributed by atoms with van der Waals surface area (Å²) in [5.41, 5.74) is 2.05. The Balaban J connectivity index is 1.65. The summed E-state index contributed by atoms with van der Waals surface area (Å²) >= 11 is 1.34. The maximum Gasteiger partial charge on any atom is 0.222 e. The lowest BCUT2D eigenvalue weighted by molar-refractivity contribution is -0.114. The van der Waals surface area contributed by atoms with E-state index in [0.717, 1.165) is 5.56 Å². The molecule has 0 saturated heterocycles. The lowest BCUT2D eigenvalue weighted by atomic mass is 10.3. The molecule has 9 nitrogen and oxygen atoms in total. The van der Waals surface area contributed by atoms with E-state index in [2.05, 4.69) is 37.4 Å². The summed E-state index contributed by atoms with van der Waals surface area (Å²) in [6.45, 7) is 1.23. The number of anilines is 1. The second-order valence-corrected chi connectivity index (χ2v) is 6.46. The highest BCUT2D eigenvalue weighted by Crippen LogP contribution is 2.25. The van der Waals surface area contributed by atoms with Gasteiger partial charge in [0.2, 0.25) is 11.1 Å². The molecule has 10 heteroatoms. The van der Waals surface area contributed by atoms with E-state index in [1.807, 2.05) is 34.9 Å². The van der Waals surface area contributed by atoms with Gasteiger partial charge in [-0.3, -0.25) is 9.20 Å². The average Bonchev–Trinajstić information content (AvgIpc) is 3.22. The van der Waals surface area contributed by atoms with Gasteiger partial charge >= 0.3 is 0 Å². The summed E-state index contributed by atoms with van der Waals surface area (Å²) < 4.78 is 3.41. The minimum absolute atomic E-state index is 0.192. The van der Waals surface area contributed by atoms with Gasteiger partial charge in [-0.1, -0.05) is 11.8 Å². The van der Waals surface area contributed by atoms with E-state index in [-0.39, 0.29) is 12.5 Å². The summed E-state index contributed by atoms with van der Waals surface area (Å²) in [6, 6.07) is 7.26. The molecule has 0 bridgehead atoms. The maximum atomic E-state index is 11.2. The van der Waals surface area contributed by atoms with Crippen molar-refractivity contribution in [3.05, 3.63) is 42.2 Å². The van der Waals surface area contributed by atoms with Gasteiger partial charge < -0.3 is 10.4 Å². The van der Waals surface area contributed by atoms with Crippen LogP contribution in [-0.4, -0.2) is 46.8 Å². The van der Waals surface area contributed by atoms with Gasteiger partial charge in [0.25, 0.3) is 0 Å². The molecule has 0 aliphatic rings. The molecule has 0 atom stereocenters. The number of pyridine rings is 1. The van der Waals surface area contributed by atoms with Crippen LogP contribution in [0.2, 0.25) is 0 Å². The van der Waals surface area contributed by atoms with Crippen LogP contribution in [0.15, 0.2) is 46.8 Å². The van der Waals surface area contributed by atoms with Crippen LogP contribution in [0.4, 0.5) is 5.82 Å². The minimum Gasteiger partial charge on any atom is -0.384 e. The van der Waals surface area contributed by atoms with Crippen LogP contribution < -0.4 is 5.32 Å². The standard InChI is InChI=1S/C17H13N7O2S/c1-11(26)18-13-10-24-14(19-13)6-7-16(22-24)27-17-21-20-15-5-4-12(3-2-8-25)9-23(15)17/h4-7,9-10,25H,8H2,1H3,(H,18,26). The smallest absolute Gasteiger partial charge is 0.222 e. The zero-order valence-corrected chi connectivity index (χ0v) is 14.9. The molecule has 134 valence electrons. The topological polar surface area (TPSA) is 110 Å². The Morgan fingerprint density at radius 3 is 2.89 bits per heavy atom. The molecule has 0 fully saturated rings. The van der Waals surface area contributed by atoms with Gasteiger partial charge in [0.1, 0.15) is 11.6 Å². The number of carbonyl (C=O) groups is 1. The Hall–Kier alpha value is -3.42. The van der Waals surface area contributed by atoms with Gasteiger partial charge in [-0.2, -0.15) is 5.10 Å². The van der Waals surface area contributed by atoms with E-state index in [0.29, 0.717) is 27.3 Å². The predicted octanol–water partition coefficient (Wildman–Crippen LogP) is 1.23. The van der Waals surface area contributed by atoms with Crippen molar-refractivity contribution in [3.8, 4) is 11.8 Å². The van der Waals surface area contributed by atoms with Crippen LogP contribution in [0, 0.1) is 11.8 Å². The first-order valence-corrected chi connectivity index (χ1v) is 8.70. The molecular formula is C17H13N7O2S.